The van der Waals surface area contributed by atoms with Crippen molar-refractivity contribution < 1.29 is 0 Å². The number of aromatic nitrogens is 4. The number of imidazole rings is 2. The van der Waals surface area contributed by atoms with Crippen LogP contribution in [0.1, 0.15) is 45.7 Å². The van der Waals surface area contributed by atoms with Crippen LogP contribution in [0.5, 0.6) is 0 Å². The third-order valence-corrected chi connectivity index (χ3v) is 5.23. The van der Waals surface area contributed by atoms with Crippen molar-refractivity contribution in [3.63, 3.8) is 0 Å². The summed E-state index contributed by atoms with van der Waals surface area (Å²) in [6.45, 7) is 12.2. The molecule has 2 heterocycles. The molecule has 0 aliphatic rings. The van der Waals surface area contributed by atoms with E-state index in [1.165, 1.54) is 16.6 Å². The van der Waals surface area contributed by atoms with E-state index < -0.39 is 0 Å². The first-order valence-corrected chi connectivity index (χ1v) is 9.14. The van der Waals surface area contributed by atoms with E-state index in [1.54, 1.807) is 6.33 Å². The highest BCUT2D eigenvalue weighted by Crippen LogP contribution is 2.32. The summed E-state index contributed by atoms with van der Waals surface area (Å²) in [5, 5.41) is 0. The van der Waals surface area contributed by atoms with Crippen LogP contribution in [0.25, 0.3) is 22.1 Å². The third kappa shape index (κ3) is 2.79. The van der Waals surface area contributed by atoms with E-state index in [-0.39, 0.29) is 10.8 Å². The smallest absolute Gasteiger partial charge is 0.0958 e. The maximum absolute atomic E-state index is 4.75. The summed E-state index contributed by atoms with van der Waals surface area (Å²) >= 11 is 0. The van der Waals surface area contributed by atoms with E-state index in [9.17, 15) is 0 Å². The molecule has 0 atom stereocenters. The fourth-order valence-electron chi connectivity index (χ4n) is 3.69. The maximum atomic E-state index is 4.75. The van der Waals surface area contributed by atoms with Gasteiger partial charge in [0.1, 0.15) is 0 Å². The summed E-state index contributed by atoms with van der Waals surface area (Å²) in [6, 6.07) is 13.0. The molecule has 4 aromatic rings. The van der Waals surface area contributed by atoms with Gasteiger partial charge < -0.3 is 9.55 Å². The third-order valence-electron chi connectivity index (χ3n) is 5.23. The minimum atomic E-state index is -0.0231. The molecule has 0 aliphatic heterocycles. The molecule has 1 N–H and O–H groups in total. The van der Waals surface area contributed by atoms with Crippen LogP contribution >= 0.6 is 0 Å². The van der Waals surface area contributed by atoms with Gasteiger partial charge in [-0.2, -0.15) is 0 Å². The van der Waals surface area contributed by atoms with Gasteiger partial charge >= 0.3 is 0 Å². The number of hydrogen-bond donors (Lipinski definition) is 1. The van der Waals surface area contributed by atoms with Crippen molar-refractivity contribution in [2.45, 2.75) is 52.0 Å². The summed E-state index contributed by atoms with van der Waals surface area (Å²) in [6.07, 6.45) is 3.73. The number of H-pyrrole nitrogens is 1. The number of benzene rings is 2. The van der Waals surface area contributed by atoms with Crippen LogP contribution in [0.2, 0.25) is 0 Å². The molecule has 0 fully saturated rings. The first-order valence-electron chi connectivity index (χ1n) is 9.14. The first kappa shape index (κ1) is 16.8. The summed E-state index contributed by atoms with van der Waals surface area (Å²) in [4.78, 5) is 12.3. The summed E-state index contributed by atoms with van der Waals surface area (Å²) in [7, 11) is 0. The predicted molar refractivity (Wildman–Crippen MR) is 108 cm³/mol. The average molecular weight is 346 g/mol. The molecule has 0 saturated heterocycles. The van der Waals surface area contributed by atoms with Crippen molar-refractivity contribution in [1.29, 1.82) is 0 Å². The van der Waals surface area contributed by atoms with Crippen molar-refractivity contribution in [3.8, 4) is 0 Å². The van der Waals surface area contributed by atoms with Gasteiger partial charge in [-0.15, -0.1) is 0 Å². The van der Waals surface area contributed by atoms with Crippen LogP contribution < -0.4 is 0 Å². The Bertz CT molecular complexity index is 1080. The van der Waals surface area contributed by atoms with E-state index in [1.807, 2.05) is 6.33 Å². The normalized spacial score (nSPS) is 13.0. The fourth-order valence-corrected chi connectivity index (χ4v) is 3.69. The lowest BCUT2D eigenvalue weighted by atomic mass is 9.84. The fraction of sp³-hybridized carbons (Fsp3) is 0.364. The summed E-state index contributed by atoms with van der Waals surface area (Å²) < 4.78 is 2.28. The second-order valence-corrected chi connectivity index (χ2v) is 8.81. The highest BCUT2D eigenvalue weighted by atomic mass is 15.1. The number of nitrogens with one attached hydrogen (secondary N) is 1. The zero-order valence-corrected chi connectivity index (χ0v) is 16.2. The number of fused-ring (bicyclic) bond motifs is 2. The number of hydrogen-bond acceptors (Lipinski definition) is 2. The molecule has 0 bridgehead atoms. The minimum Gasteiger partial charge on any atom is -0.345 e. The SMILES string of the molecule is CC(C)(C)c1cccc2c1ncn2CC(C)(C)c1ccc2nc[nH]c2c1. The van der Waals surface area contributed by atoms with Gasteiger partial charge in [0, 0.05) is 12.0 Å². The van der Waals surface area contributed by atoms with E-state index in [0.717, 1.165) is 23.1 Å². The minimum absolute atomic E-state index is 0.0231. The molecule has 4 nitrogen and oxygen atoms in total. The molecule has 134 valence electrons. The standard InChI is InChI=1S/C22H26N4/c1-21(2,3)16-7-6-8-19-20(16)25-14-26(19)12-22(4,5)15-9-10-17-18(11-15)24-13-23-17/h6-11,13-14H,12H2,1-5H3,(H,23,24). The lowest BCUT2D eigenvalue weighted by Crippen LogP contribution is -2.24. The van der Waals surface area contributed by atoms with Crippen molar-refractivity contribution in [1.82, 2.24) is 19.5 Å². The molecule has 0 unspecified atom stereocenters. The Balaban J connectivity index is 1.74. The molecule has 26 heavy (non-hydrogen) atoms. The quantitative estimate of drug-likeness (QED) is 0.555. The monoisotopic (exact) mass is 346 g/mol. The van der Waals surface area contributed by atoms with Crippen molar-refractivity contribution in [3.05, 3.63) is 60.2 Å². The zero-order chi connectivity index (χ0) is 18.5. The highest BCUT2D eigenvalue weighted by molar-refractivity contribution is 5.80. The van der Waals surface area contributed by atoms with Gasteiger partial charge in [0.15, 0.2) is 0 Å². The first-order chi connectivity index (χ1) is 12.3. The van der Waals surface area contributed by atoms with Gasteiger partial charge in [0.25, 0.3) is 0 Å². The van der Waals surface area contributed by atoms with Gasteiger partial charge in [-0.3, -0.25) is 0 Å². The number of aromatic amines is 1. The van der Waals surface area contributed by atoms with Gasteiger partial charge in [-0.1, -0.05) is 52.8 Å². The number of nitrogens with zero attached hydrogens (tertiary/aromatic N) is 3. The lowest BCUT2D eigenvalue weighted by molar-refractivity contribution is 0.442. The van der Waals surface area contributed by atoms with Crippen LogP contribution in [0.15, 0.2) is 49.1 Å². The van der Waals surface area contributed by atoms with Crippen molar-refractivity contribution in [2.75, 3.05) is 0 Å². The Morgan fingerprint density at radius 1 is 1.00 bits per heavy atom. The van der Waals surface area contributed by atoms with E-state index in [0.29, 0.717) is 0 Å². The molecule has 0 radical (unpaired) electrons. The molecule has 4 rings (SSSR count). The number of para-hydroxylation sites is 1. The molecular weight excluding hydrogens is 320 g/mol. The van der Waals surface area contributed by atoms with Crippen LogP contribution in [0.3, 0.4) is 0 Å². The highest BCUT2D eigenvalue weighted by Gasteiger charge is 2.24. The molecule has 2 aromatic heterocycles. The largest absolute Gasteiger partial charge is 0.345 e. The molecule has 4 heteroatoms. The van der Waals surface area contributed by atoms with Gasteiger partial charge in [0.2, 0.25) is 0 Å². The van der Waals surface area contributed by atoms with E-state index in [2.05, 4.69) is 85.6 Å². The van der Waals surface area contributed by atoms with Crippen LogP contribution in [0.4, 0.5) is 0 Å². The summed E-state index contributed by atoms with van der Waals surface area (Å²) in [5.74, 6) is 0. The second-order valence-electron chi connectivity index (χ2n) is 8.81. The van der Waals surface area contributed by atoms with Crippen molar-refractivity contribution in [2.24, 2.45) is 0 Å². The van der Waals surface area contributed by atoms with Gasteiger partial charge in [-0.05, 0) is 34.7 Å². The molecular formula is C22H26N4. The molecule has 0 amide bonds. The van der Waals surface area contributed by atoms with Gasteiger partial charge in [-0.25, -0.2) is 9.97 Å². The average Bonchev–Trinajstić information content (AvgIpc) is 3.19. The Kier molecular flexibility index (Phi) is 3.69. The Morgan fingerprint density at radius 3 is 2.58 bits per heavy atom. The molecule has 0 saturated carbocycles. The topological polar surface area (TPSA) is 46.5 Å². The van der Waals surface area contributed by atoms with E-state index in [4.69, 9.17) is 4.98 Å². The Labute approximate surface area is 154 Å². The van der Waals surface area contributed by atoms with Crippen LogP contribution in [0, 0.1) is 0 Å². The van der Waals surface area contributed by atoms with Crippen LogP contribution in [-0.2, 0) is 17.4 Å². The van der Waals surface area contributed by atoms with Gasteiger partial charge in [0.05, 0.1) is 34.7 Å². The van der Waals surface area contributed by atoms with E-state index >= 15 is 0 Å². The van der Waals surface area contributed by atoms with Crippen LogP contribution in [-0.4, -0.2) is 19.5 Å². The van der Waals surface area contributed by atoms with Crippen molar-refractivity contribution >= 4 is 22.1 Å². The summed E-state index contributed by atoms with van der Waals surface area (Å²) in [5.41, 5.74) is 7.06. The molecule has 2 aromatic carbocycles. The number of rotatable bonds is 3. The Morgan fingerprint density at radius 2 is 1.81 bits per heavy atom. The molecule has 0 aliphatic carbocycles. The molecule has 0 spiro atoms. The Hall–Kier alpha value is -2.62. The second kappa shape index (κ2) is 5.70. The maximum Gasteiger partial charge on any atom is 0.0958 e. The predicted octanol–water partition coefficient (Wildman–Crippen LogP) is 5.19. The lowest BCUT2D eigenvalue weighted by Gasteiger charge is -2.26. The zero-order valence-electron chi connectivity index (χ0n) is 16.2.